The maximum atomic E-state index is 12.1. The molecule has 6 rings (SSSR count). The third kappa shape index (κ3) is 3.56. The predicted octanol–water partition coefficient (Wildman–Crippen LogP) is 4.88. The molecule has 1 aromatic heterocycles. The van der Waals surface area contributed by atoms with E-state index < -0.39 is 0 Å². The number of aryl methyl sites for hydroxylation is 1. The van der Waals surface area contributed by atoms with Crippen LogP contribution < -0.4 is 10.7 Å². The van der Waals surface area contributed by atoms with Gasteiger partial charge >= 0.3 is 5.97 Å². The minimum Gasteiger partial charge on any atom is -0.462 e. The molecule has 1 saturated heterocycles. The van der Waals surface area contributed by atoms with Crippen molar-refractivity contribution in [2.75, 3.05) is 31.6 Å². The fourth-order valence-electron chi connectivity index (χ4n) is 8.22. The number of hydrogen-bond acceptors (Lipinski definition) is 7. The second-order valence-corrected chi connectivity index (χ2v) is 12.7. The predicted molar refractivity (Wildman–Crippen MR) is 136 cm³/mol. The van der Waals surface area contributed by atoms with Crippen LogP contribution in [0.25, 0.3) is 5.57 Å². The van der Waals surface area contributed by atoms with Crippen LogP contribution in [0.4, 0.5) is 5.13 Å². The molecule has 6 atom stereocenters. The molecule has 2 saturated carbocycles. The third-order valence-electron chi connectivity index (χ3n) is 10.1. The highest BCUT2D eigenvalue weighted by Crippen LogP contribution is 2.66. The number of nitrogens with one attached hydrogen (secondary N) is 2. The molecular formula is C27H40N4O2S. The number of hydrazine groups is 1. The Morgan fingerprint density at radius 3 is 2.85 bits per heavy atom. The number of carbonyl (C=O) groups excluding carboxylic acids is 1. The highest BCUT2D eigenvalue weighted by molar-refractivity contribution is 7.16. The van der Waals surface area contributed by atoms with E-state index in [1.54, 1.807) is 5.57 Å². The van der Waals surface area contributed by atoms with E-state index >= 15 is 0 Å². The molecule has 5 aliphatic rings. The van der Waals surface area contributed by atoms with Gasteiger partial charge < -0.3 is 10.1 Å². The Balaban J connectivity index is 1.25. The van der Waals surface area contributed by atoms with Gasteiger partial charge in [0.25, 0.3) is 0 Å². The summed E-state index contributed by atoms with van der Waals surface area (Å²) in [4.78, 5) is 18.6. The van der Waals surface area contributed by atoms with Gasteiger partial charge in [0.1, 0.15) is 6.10 Å². The smallest absolute Gasteiger partial charge is 0.305 e. The first-order valence-electron chi connectivity index (χ1n) is 13.5. The lowest BCUT2D eigenvalue weighted by Gasteiger charge is -2.56. The van der Waals surface area contributed by atoms with Crippen molar-refractivity contribution in [2.24, 2.45) is 28.6 Å². The van der Waals surface area contributed by atoms with Crippen LogP contribution in [0.2, 0.25) is 0 Å². The fraction of sp³-hybridized carbons (Fsp3) is 0.778. The Kier molecular flexibility index (Phi) is 5.81. The molecule has 34 heavy (non-hydrogen) atoms. The molecule has 1 aromatic rings. The van der Waals surface area contributed by atoms with Gasteiger partial charge in [0.05, 0.1) is 10.6 Å². The number of ether oxygens (including phenoxy) is 1. The third-order valence-corrected chi connectivity index (χ3v) is 11.2. The van der Waals surface area contributed by atoms with E-state index in [0.717, 1.165) is 50.1 Å². The number of allylic oxidation sites excluding steroid dienone is 2. The van der Waals surface area contributed by atoms with Gasteiger partial charge in [0.2, 0.25) is 0 Å². The molecule has 186 valence electrons. The summed E-state index contributed by atoms with van der Waals surface area (Å²) in [7, 11) is 0. The van der Waals surface area contributed by atoms with Crippen molar-refractivity contribution < 1.29 is 9.53 Å². The summed E-state index contributed by atoms with van der Waals surface area (Å²) >= 11 is 1.87. The number of esters is 1. The summed E-state index contributed by atoms with van der Waals surface area (Å²) in [5.74, 6) is 2.09. The lowest BCUT2D eigenvalue weighted by atomic mass is 9.48. The summed E-state index contributed by atoms with van der Waals surface area (Å²) in [6, 6.07) is 0. The summed E-state index contributed by atoms with van der Waals surface area (Å²) in [6.45, 7) is 11.0. The molecule has 0 radical (unpaired) electrons. The van der Waals surface area contributed by atoms with Crippen molar-refractivity contribution in [3.63, 3.8) is 0 Å². The standard InChI is InChI=1S/C27H40N4O2S/c1-4-23(32)33-22-8-7-18-17-5-6-20-24-21(29-25(34-24)30-31-15-13-28-14-16-31)10-12-26(20,2)19(17)9-11-27(18,22)3/h6,17-19,22,28H,4-5,7-16H2,1-3H3,(H,29,30)/t17-,18-,19-,22-,26+,27-/m0/s1. The van der Waals surface area contributed by atoms with E-state index in [9.17, 15) is 4.79 Å². The van der Waals surface area contributed by atoms with Crippen molar-refractivity contribution in [3.05, 3.63) is 16.6 Å². The Labute approximate surface area is 207 Å². The van der Waals surface area contributed by atoms with E-state index in [2.05, 4.69) is 35.7 Å². The Hall–Kier alpha value is -1.44. The van der Waals surface area contributed by atoms with E-state index in [1.807, 2.05) is 18.3 Å². The van der Waals surface area contributed by atoms with Crippen LogP contribution in [-0.4, -0.2) is 48.2 Å². The fourth-order valence-corrected chi connectivity index (χ4v) is 9.44. The first kappa shape index (κ1) is 23.0. The lowest BCUT2D eigenvalue weighted by molar-refractivity contribution is -0.158. The van der Waals surface area contributed by atoms with E-state index in [1.165, 1.54) is 42.7 Å². The highest BCUT2D eigenvalue weighted by Gasteiger charge is 2.60. The molecule has 0 aromatic carbocycles. The van der Waals surface area contributed by atoms with Crippen molar-refractivity contribution in [3.8, 4) is 0 Å². The molecule has 4 aliphatic carbocycles. The summed E-state index contributed by atoms with van der Waals surface area (Å²) in [5.41, 5.74) is 6.87. The molecule has 0 unspecified atom stereocenters. The molecule has 0 bridgehead atoms. The Morgan fingerprint density at radius 2 is 2.06 bits per heavy atom. The van der Waals surface area contributed by atoms with Gasteiger partial charge in [-0.2, -0.15) is 0 Å². The van der Waals surface area contributed by atoms with Gasteiger partial charge in [-0.05, 0) is 73.7 Å². The summed E-state index contributed by atoms with van der Waals surface area (Å²) < 4.78 is 5.98. The largest absolute Gasteiger partial charge is 0.462 e. The maximum absolute atomic E-state index is 12.1. The number of anilines is 1. The maximum Gasteiger partial charge on any atom is 0.305 e. The van der Waals surface area contributed by atoms with Crippen LogP contribution in [0.1, 0.15) is 76.3 Å². The molecular weight excluding hydrogens is 444 g/mol. The minimum absolute atomic E-state index is 0.0259. The van der Waals surface area contributed by atoms with Gasteiger partial charge in [0.15, 0.2) is 5.13 Å². The second kappa shape index (κ2) is 8.59. The van der Waals surface area contributed by atoms with Gasteiger partial charge in [-0.25, -0.2) is 9.99 Å². The molecule has 2 N–H and O–H groups in total. The molecule has 3 fully saturated rings. The van der Waals surface area contributed by atoms with E-state index in [4.69, 9.17) is 9.72 Å². The topological polar surface area (TPSA) is 66.5 Å². The van der Waals surface area contributed by atoms with Crippen LogP contribution >= 0.6 is 11.3 Å². The normalized spacial score (nSPS) is 39.3. The van der Waals surface area contributed by atoms with Gasteiger partial charge in [0, 0.05) is 38.0 Å². The number of thiazole rings is 1. The van der Waals surface area contributed by atoms with Crippen LogP contribution in [0.15, 0.2) is 6.08 Å². The second-order valence-electron chi connectivity index (χ2n) is 11.7. The minimum atomic E-state index is -0.0259. The van der Waals surface area contributed by atoms with Gasteiger partial charge in [-0.15, -0.1) is 0 Å². The lowest BCUT2D eigenvalue weighted by Crippen LogP contribution is -2.50. The first-order valence-corrected chi connectivity index (χ1v) is 14.4. The average molecular weight is 485 g/mol. The monoisotopic (exact) mass is 484 g/mol. The Morgan fingerprint density at radius 1 is 1.24 bits per heavy atom. The number of hydrogen-bond donors (Lipinski definition) is 2. The average Bonchev–Trinajstić information content (AvgIpc) is 3.39. The van der Waals surface area contributed by atoms with E-state index in [0.29, 0.717) is 18.3 Å². The Bertz CT molecular complexity index is 985. The van der Waals surface area contributed by atoms with Crippen LogP contribution in [0.3, 0.4) is 0 Å². The van der Waals surface area contributed by atoms with Crippen molar-refractivity contribution in [1.29, 1.82) is 0 Å². The van der Waals surface area contributed by atoms with Crippen molar-refractivity contribution in [2.45, 2.75) is 78.2 Å². The molecule has 1 aliphatic heterocycles. The number of aromatic nitrogens is 1. The zero-order valence-corrected chi connectivity index (χ0v) is 21.8. The molecule has 6 nitrogen and oxygen atoms in total. The number of fused-ring (bicyclic) bond motifs is 7. The van der Waals surface area contributed by atoms with Crippen molar-refractivity contribution >= 4 is 28.0 Å². The number of piperazine rings is 1. The number of nitrogens with zero attached hydrogens (tertiary/aromatic N) is 2. The van der Waals surface area contributed by atoms with Gasteiger partial charge in [-0.1, -0.05) is 38.2 Å². The summed E-state index contributed by atoms with van der Waals surface area (Å²) in [6.07, 6.45) is 11.3. The molecule has 7 heteroatoms. The molecule has 0 amide bonds. The first-order chi connectivity index (χ1) is 16.4. The number of carbonyl (C=O) groups is 1. The van der Waals surface area contributed by atoms with Gasteiger partial charge in [-0.3, -0.25) is 10.2 Å². The van der Waals surface area contributed by atoms with Crippen LogP contribution in [0, 0.1) is 28.6 Å². The van der Waals surface area contributed by atoms with Crippen molar-refractivity contribution in [1.82, 2.24) is 15.3 Å². The zero-order valence-electron chi connectivity index (χ0n) is 21.0. The highest BCUT2D eigenvalue weighted by atomic mass is 32.1. The van der Waals surface area contributed by atoms with E-state index in [-0.39, 0.29) is 22.9 Å². The van der Waals surface area contributed by atoms with Crippen LogP contribution in [0.5, 0.6) is 0 Å². The summed E-state index contributed by atoms with van der Waals surface area (Å²) in [5, 5.41) is 6.78. The van der Waals surface area contributed by atoms with Crippen LogP contribution in [-0.2, 0) is 16.0 Å². The number of rotatable bonds is 4. The zero-order chi connectivity index (χ0) is 23.5. The SMILES string of the molecule is CCC(=O)O[C@H]1CC[C@H]2[C@@H]3CC=C4c5sc(NN6CCNCC6)nc5CC[C@]4(C)[C@H]3CC[C@]12C. The quantitative estimate of drug-likeness (QED) is 0.594. The molecule has 2 heterocycles. The molecule has 0 spiro atoms.